The van der Waals surface area contributed by atoms with Gasteiger partial charge in [-0.15, -0.1) is 0 Å². The molecule has 1 aliphatic rings. The maximum atomic E-state index is 12.3. The fraction of sp³-hybridized carbons (Fsp3) is 0.333. The molecule has 0 atom stereocenters. The van der Waals surface area contributed by atoms with Gasteiger partial charge in [0.25, 0.3) is 5.91 Å². The smallest absolute Gasteiger partial charge is 0.267 e. The van der Waals surface area contributed by atoms with Gasteiger partial charge < -0.3 is 15.0 Å². The summed E-state index contributed by atoms with van der Waals surface area (Å²) in [4.78, 5) is 31.7. The van der Waals surface area contributed by atoms with Crippen LogP contribution in [0.3, 0.4) is 0 Å². The monoisotopic (exact) mass is 360 g/mol. The van der Waals surface area contributed by atoms with E-state index in [4.69, 9.17) is 4.74 Å². The third-order valence-corrected chi connectivity index (χ3v) is 4.88. The summed E-state index contributed by atoms with van der Waals surface area (Å²) < 4.78 is 8.56. The first-order valence-corrected chi connectivity index (χ1v) is 8.62. The summed E-state index contributed by atoms with van der Waals surface area (Å²) in [5, 5.41) is 6.92. The molecular formula is C15H16N6O3S. The van der Waals surface area contributed by atoms with Crippen LogP contribution in [0.25, 0.3) is 4.96 Å². The van der Waals surface area contributed by atoms with Gasteiger partial charge in [0.1, 0.15) is 11.4 Å². The van der Waals surface area contributed by atoms with Gasteiger partial charge in [-0.25, -0.2) is 4.98 Å². The molecule has 1 fully saturated rings. The van der Waals surface area contributed by atoms with Crippen molar-refractivity contribution >= 4 is 33.8 Å². The van der Waals surface area contributed by atoms with E-state index in [9.17, 15) is 9.59 Å². The van der Waals surface area contributed by atoms with E-state index in [1.54, 1.807) is 34.1 Å². The number of aromatic nitrogens is 4. The molecule has 3 aromatic rings. The fourth-order valence-corrected chi connectivity index (χ4v) is 3.43. The van der Waals surface area contributed by atoms with Crippen molar-refractivity contribution in [3.05, 3.63) is 35.9 Å². The van der Waals surface area contributed by atoms with E-state index in [1.165, 1.54) is 22.2 Å². The van der Waals surface area contributed by atoms with Gasteiger partial charge in [-0.3, -0.25) is 18.7 Å². The van der Waals surface area contributed by atoms with E-state index in [1.807, 2.05) is 0 Å². The first-order chi connectivity index (χ1) is 12.2. The number of amides is 2. The van der Waals surface area contributed by atoms with Crippen LogP contribution in [-0.2, 0) is 16.1 Å². The molecule has 0 radical (unpaired) electrons. The lowest BCUT2D eigenvalue weighted by atomic mass is 10.4. The molecule has 25 heavy (non-hydrogen) atoms. The highest BCUT2D eigenvalue weighted by atomic mass is 32.1. The minimum atomic E-state index is -0.227. The Labute approximate surface area is 146 Å². The number of morpholine rings is 1. The molecule has 4 heterocycles. The highest BCUT2D eigenvalue weighted by Gasteiger charge is 2.18. The number of thiazole rings is 1. The predicted molar refractivity (Wildman–Crippen MR) is 90.6 cm³/mol. The fourth-order valence-electron chi connectivity index (χ4n) is 2.59. The summed E-state index contributed by atoms with van der Waals surface area (Å²) in [6.07, 6.45) is 8.38. The van der Waals surface area contributed by atoms with Gasteiger partial charge >= 0.3 is 0 Å². The van der Waals surface area contributed by atoms with Gasteiger partial charge in [0, 0.05) is 37.9 Å². The van der Waals surface area contributed by atoms with Crippen molar-refractivity contribution in [3.63, 3.8) is 0 Å². The zero-order chi connectivity index (χ0) is 17.2. The van der Waals surface area contributed by atoms with Crippen molar-refractivity contribution in [2.24, 2.45) is 0 Å². The third kappa shape index (κ3) is 3.39. The largest absolute Gasteiger partial charge is 0.378 e. The van der Waals surface area contributed by atoms with Gasteiger partial charge in [-0.05, 0) is 0 Å². The summed E-state index contributed by atoms with van der Waals surface area (Å²) in [7, 11) is 0. The quantitative estimate of drug-likeness (QED) is 0.739. The van der Waals surface area contributed by atoms with E-state index in [-0.39, 0.29) is 18.4 Å². The minimum Gasteiger partial charge on any atom is -0.378 e. The van der Waals surface area contributed by atoms with E-state index >= 15 is 0 Å². The summed E-state index contributed by atoms with van der Waals surface area (Å²) in [6.45, 7) is 2.48. The molecular weight excluding hydrogens is 344 g/mol. The second-order valence-corrected chi connectivity index (χ2v) is 6.60. The molecule has 9 nitrogen and oxygen atoms in total. The standard InChI is InChI=1S/C15H16N6O3S/c22-13(19-3-5-24-6-4-19)10-21-8-11(7-17-21)18-14(23)12-9-20-2-1-16-15(20)25-12/h1-2,7-9H,3-6,10H2,(H,18,23). The molecule has 0 aromatic carbocycles. The second-order valence-electron chi connectivity index (χ2n) is 5.59. The van der Waals surface area contributed by atoms with Gasteiger partial charge in [-0.2, -0.15) is 5.10 Å². The number of carbonyl (C=O) groups is 2. The predicted octanol–water partition coefficient (Wildman–Crippen LogP) is 0.703. The molecule has 3 aromatic heterocycles. The highest BCUT2D eigenvalue weighted by molar-refractivity contribution is 7.18. The number of fused-ring (bicyclic) bond motifs is 1. The summed E-state index contributed by atoms with van der Waals surface area (Å²) in [5.74, 6) is -0.238. The van der Waals surface area contributed by atoms with E-state index < -0.39 is 0 Å². The van der Waals surface area contributed by atoms with Crippen LogP contribution in [0.5, 0.6) is 0 Å². The van der Waals surface area contributed by atoms with E-state index in [2.05, 4.69) is 15.4 Å². The summed E-state index contributed by atoms with van der Waals surface area (Å²) >= 11 is 1.31. The van der Waals surface area contributed by atoms with Gasteiger partial charge in [0.2, 0.25) is 5.91 Å². The zero-order valence-electron chi connectivity index (χ0n) is 13.3. The van der Waals surface area contributed by atoms with Crippen LogP contribution in [0.1, 0.15) is 9.67 Å². The number of rotatable bonds is 4. The molecule has 0 spiro atoms. The van der Waals surface area contributed by atoms with Crippen molar-refractivity contribution in [2.45, 2.75) is 6.54 Å². The number of nitrogens with one attached hydrogen (secondary N) is 1. The van der Waals surface area contributed by atoms with Crippen molar-refractivity contribution in [1.82, 2.24) is 24.1 Å². The average Bonchev–Trinajstić information content (AvgIpc) is 3.31. The second kappa shape index (κ2) is 6.65. The third-order valence-electron chi connectivity index (χ3n) is 3.87. The minimum absolute atomic E-state index is 0.0104. The van der Waals surface area contributed by atoms with Gasteiger partial charge in [-0.1, -0.05) is 11.3 Å². The van der Waals surface area contributed by atoms with Crippen LogP contribution in [0.4, 0.5) is 5.69 Å². The molecule has 130 valence electrons. The van der Waals surface area contributed by atoms with Crippen molar-refractivity contribution < 1.29 is 14.3 Å². The number of ether oxygens (including phenoxy) is 1. The Hall–Kier alpha value is -2.72. The van der Waals surface area contributed by atoms with Crippen LogP contribution in [0.2, 0.25) is 0 Å². The zero-order valence-corrected chi connectivity index (χ0v) is 14.1. The number of carbonyl (C=O) groups excluding carboxylic acids is 2. The van der Waals surface area contributed by atoms with Crippen LogP contribution < -0.4 is 5.32 Å². The number of anilines is 1. The molecule has 0 unspecified atom stereocenters. The maximum absolute atomic E-state index is 12.3. The van der Waals surface area contributed by atoms with E-state index in [0.29, 0.717) is 36.9 Å². The molecule has 1 saturated heterocycles. The highest BCUT2D eigenvalue weighted by Crippen LogP contribution is 2.18. The van der Waals surface area contributed by atoms with E-state index in [0.717, 1.165) is 4.96 Å². The van der Waals surface area contributed by atoms with Gasteiger partial charge in [0.05, 0.1) is 25.1 Å². The first-order valence-electron chi connectivity index (χ1n) is 7.81. The Balaban J connectivity index is 1.38. The number of nitrogens with zero attached hydrogens (tertiary/aromatic N) is 5. The average molecular weight is 360 g/mol. The van der Waals surface area contributed by atoms with Crippen molar-refractivity contribution in [2.75, 3.05) is 31.6 Å². The lowest BCUT2D eigenvalue weighted by Gasteiger charge is -2.26. The van der Waals surface area contributed by atoms with Crippen LogP contribution >= 0.6 is 11.3 Å². The number of hydrogen-bond donors (Lipinski definition) is 1. The molecule has 0 saturated carbocycles. The van der Waals surface area contributed by atoms with Crippen LogP contribution in [0, 0.1) is 0 Å². The topological polar surface area (TPSA) is 93.8 Å². The molecule has 0 aliphatic carbocycles. The summed E-state index contributed by atoms with van der Waals surface area (Å²) in [5.41, 5.74) is 0.547. The lowest BCUT2D eigenvalue weighted by molar-refractivity contribution is -0.136. The Bertz CT molecular complexity index is 879. The van der Waals surface area contributed by atoms with Gasteiger partial charge in [0.15, 0.2) is 4.96 Å². The van der Waals surface area contributed by atoms with Crippen LogP contribution in [-0.4, -0.2) is 62.2 Å². The summed E-state index contributed by atoms with van der Waals surface area (Å²) in [6, 6.07) is 0. The molecule has 0 bridgehead atoms. The number of imidazole rings is 1. The molecule has 2 amide bonds. The molecule has 1 N–H and O–H groups in total. The lowest BCUT2D eigenvalue weighted by Crippen LogP contribution is -2.42. The van der Waals surface area contributed by atoms with Crippen molar-refractivity contribution in [1.29, 1.82) is 0 Å². The molecule has 1 aliphatic heterocycles. The maximum Gasteiger partial charge on any atom is 0.267 e. The Morgan fingerprint density at radius 1 is 1.28 bits per heavy atom. The Morgan fingerprint density at radius 3 is 2.92 bits per heavy atom. The Kier molecular flexibility index (Phi) is 4.20. The van der Waals surface area contributed by atoms with Crippen LogP contribution in [0.15, 0.2) is 31.0 Å². The molecule has 4 rings (SSSR count). The first kappa shape index (κ1) is 15.8. The Morgan fingerprint density at radius 2 is 2.12 bits per heavy atom. The SMILES string of the molecule is O=C(Nc1cnn(CC(=O)N2CCOCC2)c1)c1cn2ccnc2s1. The number of hydrogen-bond acceptors (Lipinski definition) is 6. The molecule has 10 heteroatoms. The van der Waals surface area contributed by atoms with Crippen molar-refractivity contribution in [3.8, 4) is 0 Å². The normalized spacial score (nSPS) is 14.8.